The van der Waals surface area contributed by atoms with E-state index in [9.17, 15) is 4.79 Å². The van der Waals surface area contributed by atoms with E-state index in [2.05, 4.69) is 0 Å². The SMILES string of the molecule is CC(C)(C)OC(=O)C(C)(Cl)Cl. The van der Waals surface area contributed by atoms with Gasteiger partial charge in [-0.3, -0.25) is 0 Å². The van der Waals surface area contributed by atoms with E-state index in [1.165, 1.54) is 6.92 Å². The van der Waals surface area contributed by atoms with E-state index in [0.717, 1.165) is 0 Å². The predicted molar refractivity (Wildman–Crippen MR) is 46.0 cm³/mol. The lowest BCUT2D eigenvalue weighted by Crippen LogP contribution is -2.32. The summed E-state index contributed by atoms with van der Waals surface area (Å²) < 4.78 is 3.45. The summed E-state index contributed by atoms with van der Waals surface area (Å²) >= 11 is 11.0. The number of rotatable bonds is 1. The number of esters is 1. The van der Waals surface area contributed by atoms with Crippen LogP contribution in [0.1, 0.15) is 27.7 Å². The molecule has 0 aliphatic carbocycles. The highest BCUT2D eigenvalue weighted by Gasteiger charge is 2.32. The molecular formula is C7H12Cl2O2. The molecule has 0 rings (SSSR count). The van der Waals surface area contributed by atoms with Crippen LogP contribution < -0.4 is 0 Å². The van der Waals surface area contributed by atoms with Crippen LogP contribution in [0.5, 0.6) is 0 Å². The molecule has 66 valence electrons. The standard InChI is InChI=1S/C7H12Cl2O2/c1-6(2,3)11-5(10)7(4,8)9/h1-4H3. The minimum atomic E-state index is -1.45. The van der Waals surface area contributed by atoms with Gasteiger partial charge in [0, 0.05) is 0 Å². The van der Waals surface area contributed by atoms with Crippen LogP contribution in [-0.2, 0) is 9.53 Å². The zero-order chi connectivity index (χ0) is 9.28. The molecule has 0 saturated heterocycles. The van der Waals surface area contributed by atoms with Crippen LogP contribution in [0.15, 0.2) is 0 Å². The molecule has 0 aromatic heterocycles. The molecule has 0 amide bonds. The van der Waals surface area contributed by atoms with Gasteiger partial charge in [-0.15, -0.1) is 0 Å². The number of hydrogen-bond acceptors (Lipinski definition) is 2. The minimum absolute atomic E-state index is 0.540. The molecule has 0 N–H and O–H groups in total. The summed E-state index contributed by atoms with van der Waals surface area (Å²) in [5, 5.41) is 0. The Labute approximate surface area is 76.8 Å². The van der Waals surface area contributed by atoms with Crippen molar-refractivity contribution in [3.8, 4) is 0 Å². The van der Waals surface area contributed by atoms with Crippen LogP contribution in [-0.4, -0.2) is 15.9 Å². The van der Waals surface area contributed by atoms with Gasteiger partial charge in [0.15, 0.2) is 0 Å². The summed E-state index contributed by atoms with van der Waals surface area (Å²) in [6, 6.07) is 0. The number of carbonyl (C=O) groups excluding carboxylic acids is 1. The first-order chi connectivity index (χ1) is 4.63. The lowest BCUT2D eigenvalue weighted by Gasteiger charge is -2.22. The van der Waals surface area contributed by atoms with Crippen molar-refractivity contribution in [1.29, 1.82) is 0 Å². The number of halogens is 2. The van der Waals surface area contributed by atoms with Gasteiger partial charge in [0.05, 0.1) is 0 Å². The number of carbonyl (C=O) groups is 1. The Hall–Kier alpha value is 0.0500. The molecule has 0 aliphatic rings. The molecule has 11 heavy (non-hydrogen) atoms. The second-order valence-corrected chi connectivity index (χ2v) is 5.10. The normalized spacial score (nSPS) is 12.9. The molecule has 0 unspecified atom stereocenters. The van der Waals surface area contributed by atoms with E-state index in [0.29, 0.717) is 0 Å². The molecule has 2 nitrogen and oxygen atoms in total. The Morgan fingerprint density at radius 2 is 1.55 bits per heavy atom. The van der Waals surface area contributed by atoms with E-state index in [4.69, 9.17) is 27.9 Å². The maximum Gasteiger partial charge on any atom is 0.342 e. The van der Waals surface area contributed by atoms with Gasteiger partial charge < -0.3 is 4.74 Å². The molecule has 0 heterocycles. The van der Waals surface area contributed by atoms with Gasteiger partial charge in [0.2, 0.25) is 4.33 Å². The first kappa shape index (κ1) is 11.1. The summed E-state index contributed by atoms with van der Waals surface area (Å²) in [5.74, 6) is -0.617. The molecule has 4 heteroatoms. The Morgan fingerprint density at radius 1 is 1.18 bits per heavy atom. The van der Waals surface area contributed by atoms with E-state index < -0.39 is 15.9 Å². The minimum Gasteiger partial charge on any atom is -0.458 e. The first-order valence-corrected chi connectivity index (χ1v) is 4.00. The van der Waals surface area contributed by atoms with E-state index in [1.54, 1.807) is 20.8 Å². The van der Waals surface area contributed by atoms with Crippen molar-refractivity contribution >= 4 is 29.2 Å². The average molecular weight is 199 g/mol. The fourth-order valence-corrected chi connectivity index (χ4v) is 0.445. The smallest absolute Gasteiger partial charge is 0.342 e. The fourth-order valence-electron chi connectivity index (χ4n) is 0.368. The summed E-state index contributed by atoms with van der Waals surface area (Å²) in [7, 11) is 0. The topological polar surface area (TPSA) is 26.3 Å². The predicted octanol–water partition coefficient (Wildman–Crippen LogP) is 2.52. The fraction of sp³-hybridized carbons (Fsp3) is 0.857. The molecule has 0 bridgehead atoms. The number of hydrogen-bond donors (Lipinski definition) is 0. The van der Waals surface area contributed by atoms with Gasteiger partial charge in [0.25, 0.3) is 0 Å². The first-order valence-electron chi connectivity index (χ1n) is 3.24. The second-order valence-electron chi connectivity index (χ2n) is 3.39. The summed E-state index contributed by atoms with van der Waals surface area (Å²) in [6.45, 7) is 6.64. The maximum atomic E-state index is 11.0. The molecular weight excluding hydrogens is 187 g/mol. The zero-order valence-electron chi connectivity index (χ0n) is 7.07. The maximum absolute atomic E-state index is 11.0. The van der Waals surface area contributed by atoms with E-state index in [-0.39, 0.29) is 0 Å². The number of alkyl halides is 2. The lowest BCUT2D eigenvalue weighted by molar-refractivity contribution is -0.155. The summed E-state index contributed by atoms with van der Waals surface area (Å²) in [5.41, 5.74) is -0.540. The van der Waals surface area contributed by atoms with Crippen molar-refractivity contribution in [3.63, 3.8) is 0 Å². The van der Waals surface area contributed by atoms with Crippen LogP contribution in [0.3, 0.4) is 0 Å². The highest BCUT2D eigenvalue weighted by Crippen LogP contribution is 2.24. The third kappa shape index (κ3) is 5.33. The van der Waals surface area contributed by atoms with Gasteiger partial charge >= 0.3 is 5.97 Å². The lowest BCUT2D eigenvalue weighted by atomic mass is 10.2. The number of ether oxygens (including phenoxy) is 1. The van der Waals surface area contributed by atoms with Crippen LogP contribution >= 0.6 is 23.2 Å². The third-order valence-electron chi connectivity index (χ3n) is 0.757. The van der Waals surface area contributed by atoms with Crippen LogP contribution in [0.2, 0.25) is 0 Å². The quantitative estimate of drug-likeness (QED) is 0.479. The van der Waals surface area contributed by atoms with Crippen molar-refractivity contribution in [1.82, 2.24) is 0 Å². The van der Waals surface area contributed by atoms with Crippen LogP contribution in [0, 0.1) is 0 Å². The van der Waals surface area contributed by atoms with Crippen molar-refractivity contribution < 1.29 is 9.53 Å². The molecule has 0 aliphatic heterocycles. The van der Waals surface area contributed by atoms with Gasteiger partial charge in [0.1, 0.15) is 5.60 Å². The Morgan fingerprint density at radius 3 is 1.64 bits per heavy atom. The monoisotopic (exact) mass is 198 g/mol. The molecule has 0 aromatic rings. The largest absolute Gasteiger partial charge is 0.458 e. The van der Waals surface area contributed by atoms with Crippen molar-refractivity contribution in [2.75, 3.05) is 0 Å². The third-order valence-corrected chi connectivity index (χ3v) is 1.07. The van der Waals surface area contributed by atoms with Crippen molar-refractivity contribution in [2.45, 2.75) is 37.6 Å². The van der Waals surface area contributed by atoms with Gasteiger partial charge in [-0.1, -0.05) is 23.2 Å². The van der Waals surface area contributed by atoms with Crippen LogP contribution in [0.4, 0.5) is 0 Å². The summed E-state index contributed by atoms with van der Waals surface area (Å²) in [6.07, 6.45) is 0. The van der Waals surface area contributed by atoms with Gasteiger partial charge in [-0.05, 0) is 27.7 Å². The molecule has 0 fully saturated rings. The van der Waals surface area contributed by atoms with Crippen LogP contribution in [0.25, 0.3) is 0 Å². The molecule has 0 atom stereocenters. The highest BCUT2D eigenvalue weighted by atomic mass is 35.5. The molecule has 0 aromatic carbocycles. The Balaban J connectivity index is 4.11. The molecule has 0 spiro atoms. The second kappa shape index (κ2) is 3.20. The van der Waals surface area contributed by atoms with Crippen molar-refractivity contribution in [2.24, 2.45) is 0 Å². The average Bonchev–Trinajstić information content (AvgIpc) is 1.56. The summed E-state index contributed by atoms with van der Waals surface area (Å²) in [4.78, 5) is 11.0. The van der Waals surface area contributed by atoms with E-state index in [1.807, 2.05) is 0 Å². The highest BCUT2D eigenvalue weighted by molar-refractivity contribution is 6.57. The van der Waals surface area contributed by atoms with Crippen molar-refractivity contribution in [3.05, 3.63) is 0 Å². The van der Waals surface area contributed by atoms with E-state index >= 15 is 0 Å². The van der Waals surface area contributed by atoms with Gasteiger partial charge in [-0.2, -0.15) is 0 Å². The Bertz CT molecular complexity index is 153. The van der Waals surface area contributed by atoms with Gasteiger partial charge in [-0.25, -0.2) is 4.79 Å². The zero-order valence-corrected chi connectivity index (χ0v) is 8.58. The molecule has 0 radical (unpaired) electrons. The molecule has 0 saturated carbocycles. The Kier molecular flexibility index (Phi) is 3.21.